The highest BCUT2D eigenvalue weighted by atomic mass is 35.5. The van der Waals surface area contributed by atoms with E-state index in [2.05, 4.69) is 57.0 Å². The molecule has 6 rings (SSSR count). The van der Waals surface area contributed by atoms with Crippen LogP contribution in [0.1, 0.15) is 23.6 Å². The van der Waals surface area contributed by atoms with Crippen LogP contribution in [0.3, 0.4) is 0 Å². The standard InChI is InChI=1S/C32H24ClFN6O/c1-21(41)36-29-26-19-25(37-30-27(34)20-35-31(33)38-30)17-18-28(26)40(39-29)32(22-11-5-2-6-12-22,23-13-7-3-8-14-23)24-15-9-4-10-16-24/h2-20H,1H3,(H,35,37,38)(H,36,39,41). The van der Waals surface area contributed by atoms with Crippen LogP contribution in [0.4, 0.5) is 21.7 Å². The van der Waals surface area contributed by atoms with Gasteiger partial charge in [0, 0.05) is 18.0 Å². The quantitative estimate of drug-likeness (QED) is 0.159. The fourth-order valence-electron chi connectivity index (χ4n) is 5.19. The number of carbonyl (C=O) groups excluding carboxylic acids is 1. The molecule has 0 radical (unpaired) electrons. The highest BCUT2D eigenvalue weighted by Gasteiger charge is 2.41. The third-order valence-electron chi connectivity index (χ3n) is 6.84. The highest BCUT2D eigenvalue weighted by molar-refractivity contribution is 6.28. The predicted molar refractivity (Wildman–Crippen MR) is 159 cm³/mol. The molecule has 0 spiro atoms. The number of anilines is 3. The van der Waals surface area contributed by atoms with E-state index >= 15 is 0 Å². The Hall–Kier alpha value is -5.08. The molecule has 0 aliphatic heterocycles. The maximum atomic E-state index is 14.4. The Labute approximate surface area is 240 Å². The van der Waals surface area contributed by atoms with Crippen molar-refractivity contribution in [1.82, 2.24) is 19.7 Å². The lowest BCUT2D eigenvalue weighted by atomic mass is 9.77. The van der Waals surface area contributed by atoms with Crippen molar-refractivity contribution >= 4 is 45.7 Å². The first kappa shape index (κ1) is 26.2. The zero-order valence-corrected chi connectivity index (χ0v) is 22.7. The number of aromatic nitrogens is 4. The fourth-order valence-corrected chi connectivity index (χ4v) is 5.32. The summed E-state index contributed by atoms with van der Waals surface area (Å²) in [5.74, 6) is -0.619. The molecule has 0 unspecified atom stereocenters. The van der Waals surface area contributed by atoms with E-state index in [-0.39, 0.29) is 17.0 Å². The second kappa shape index (κ2) is 10.8. The lowest BCUT2D eigenvalue weighted by Crippen LogP contribution is -2.38. The molecule has 6 aromatic rings. The first-order chi connectivity index (χ1) is 20.0. The Balaban J connectivity index is 1.65. The zero-order valence-electron chi connectivity index (χ0n) is 21.9. The molecule has 41 heavy (non-hydrogen) atoms. The van der Waals surface area contributed by atoms with Crippen LogP contribution in [0.15, 0.2) is 115 Å². The Morgan fingerprint density at radius 2 is 1.39 bits per heavy atom. The van der Waals surface area contributed by atoms with Crippen LogP contribution in [0.25, 0.3) is 10.9 Å². The molecular weight excluding hydrogens is 539 g/mol. The van der Waals surface area contributed by atoms with Gasteiger partial charge in [-0.25, -0.2) is 14.1 Å². The molecule has 7 nitrogen and oxygen atoms in total. The maximum Gasteiger partial charge on any atom is 0.224 e. The first-order valence-electron chi connectivity index (χ1n) is 12.9. The summed E-state index contributed by atoms with van der Waals surface area (Å²) in [4.78, 5) is 20.0. The van der Waals surface area contributed by atoms with Crippen LogP contribution in [0.5, 0.6) is 0 Å². The molecule has 0 fully saturated rings. The van der Waals surface area contributed by atoms with Crippen LogP contribution in [-0.2, 0) is 10.3 Å². The summed E-state index contributed by atoms with van der Waals surface area (Å²) < 4.78 is 16.4. The third kappa shape index (κ3) is 4.79. The van der Waals surface area contributed by atoms with Crippen molar-refractivity contribution in [3.8, 4) is 0 Å². The van der Waals surface area contributed by atoms with Gasteiger partial charge in [-0.3, -0.25) is 4.79 Å². The lowest BCUT2D eigenvalue weighted by Gasteiger charge is -2.37. The van der Waals surface area contributed by atoms with E-state index in [0.29, 0.717) is 16.9 Å². The van der Waals surface area contributed by atoms with Crippen LogP contribution >= 0.6 is 11.6 Å². The molecule has 0 bridgehead atoms. The Morgan fingerprint density at radius 1 is 0.829 bits per heavy atom. The Kier molecular flexibility index (Phi) is 6.91. The largest absolute Gasteiger partial charge is 0.338 e. The number of hydrogen-bond donors (Lipinski definition) is 2. The molecule has 0 atom stereocenters. The van der Waals surface area contributed by atoms with E-state index < -0.39 is 11.4 Å². The number of rotatable bonds is 7. The minimum absolute atomic E-state index is 0.0648. The minimum Gasteiger partial charge on any atom is -0.338 e. The number of benzene rings is 4. The second-order valence-electron chi connectivity index (χ2n) is 9.44. The van der Waals surface area contributed by atoms with Crippen LogP contribution in [0, 0.1) is 5.82 Å². The summed E-state index contributed by atoms with van der Waals surface area (Å²) in [7, 11) is 0. The van der Waals surface area contributed by atoms with Crippen molar-refractivity contribution in [2.45, 2.75) is 12.5 Å². The smallest absolute Gasteiger partial charge is 0.224 e. The van der Waals surface area contributed by atoms with E-state index in [0.717, 1.165) is 28.4 Å². The van der Waals surface area contributed by atoms with E-state index in [1.807, 2.05) is 65.3 Å². The van der Waals surface area contributed by atoms with Gasteiger partial charge in [0.15, 0.2) is 17.5 Å². The SMILES string of the molecule is CC(=O)Nc1nn(C(c2ccccc2)(c2ccccc2)c2ccccc2)c2ccc(Nc3nc(Cl)ncc3F)cc12. The molecule has 4 aromatic carbocycles. The van der Waals surface area contributed by atoms with Gasteiger partial charge in [-0.1, -0.05) is 91.0 Å². The van der Waals surface area contributed by atoms with E-state index in [4.69, 9.17) is 16.7 Å². The van der Waals surface area contributed by atoms with Gasteiger partial charge in [0.25, 0.3) is 0 Å². The summed E-state index contributed by atoms with van der Waals surface area (Å²) in [6.45, 7) is 1.43. The molecule has 0 aliphatic rings. The van der Waals surface area contributed by atoms with Gasteiger partial charge in [-0.2, -0.15) is 10.1 Å². The highest BCUT2D eigenvalue weighted by Crippen LogP contribution is 2.43. The zero-order chi connectivity index (χ0) is 28.4. The molecule has 1 amide bonds. The maximum absolute atomic E-state index is 14.4. The summed E-state index contributed by atoms with van der Waals surface area (Å²) in [6, 6.07) is 35.9. The van der Waals surface area contributed by atoms with Crippen molar-refractivity contribution in [1.29, 1.82) is 0 Å². The monoisotopic (exact) mass is 562 g/mol. The van der Waals surface area contributed by atoms with Gasteiger partial charge in [0.1, 0.15) is 5.54 Å². The average molecular weight is 563 g/mol. The Bertz CT molecular complexity index is 1750. The molecule has 202 valence electrons. The van der Waals surface area contributed by atoms with Gasteiger partial charge in [-0.15, -0.1) is 0 Å². The predicted octanol–water partition coefficient (Wildman–Crippen LogP) is 7.16. The summed E-state index contributed by atoms with van der Waals surface area (Å²) >= 11 is 5.90. The van der Waals surface area contributed by atoms with Crippen molar-refractivity contribution < 1.29 is 9.18 Å². The summed E-state index contributed by atoms with van der Waals surface area (Å²) in [5.41, 5.74) is 3.32. The van der Waals surface area contributed by atoms with Crippen molar-refractivity contribution in [2.75, 3.05) is 10.6 Å². The average Bonchev–Trinajstić information content (AvgIpc) is 3.34. The van der Waals surface area contributed by atoms with E-state index in [1.54, 1.807) is 12.1 Å². The summed E-state index contributed by atoms with van der Waals surface area (Å²) in [6.07, 6.45) is 1.00. The Morgan fingerprint density at radius 3 is 1.93 bits per heavy atom. The number of amides is 1. The second-order valence-corrected chi connectivity index (χ2v) is 9.78. The first-order valence-corrected chi connectivity index (χ1v) is 13.3. The number of nitrogens with one attached hydrogen (secondary N) is 2. The number of hydrogen-bond acceptors (Lipinski definition) is 5. The minimum atomic E-state index is -0.903. The van der Waals surface area contributed by atoms with Crippen LogP contribution < -0.4 is 10.6 Å². The van der Waals surface area contributed by atoms with Gasteiger partial charge < -0.3 is 10.6 Å². The van der Waals surface area contributed by atoms with Crippen molar-refractivity contribution in [3.63, 3.8) is 0 Å². The number of nitrogens with zero attached hydrogens (tertiary/aromatic N) is 4. The van der Waals surface area contributed by atoms with Crippen LogP contribution in [-0.4, -0.2) is 25.7 Å². The van der Waals surface area contributed by atoms with Gasteiger partial charge in [0.05, 0.1) is 11.7 Å². The summed E-state index contributed by atoms with van der Waals surface area (Å²) in [5, 5.41) is 11.5. The topological polar surface area (TPSA) is 84.7 Å². The van der Waals surface area contributed by atoms with E-state index in [9.17, 15) is 9.18 Å². The fraction of sp³-hybridized carbons (Fsp3) is 0.0625. The van der Waals surface area contributed by atoms with Gasteiger partial charge in [-0.05, 0) is 46.5 Å². The molecule has 0 saturated carbocycles. The molecule has 2 heterocycles. The van der Waals surface area contributed by atoms with E-state index in [1.165, 1.54) is 6.92 Å². The molecule has 0 aliphatic carbocycles. The molecular formula is C32H24ClFN6O. The normalized spacial score (nSPS) is 11.4. The molecule has 2 N–H and O–H groups in total. The molecule has 0 saturated heterocycles. The van der Waals surface area contributed by atoms with Crippen LogP contribution in [0.2, 0.25) is 5.28 Å². The van der Waals surface area contributed by atoms with Gasteiger partial charge >= 0.3 is 0 Å². The number of carbonyl (C=O) groups is 1. The third-order valence-corrected chi connectivity index (χ3v) is 7.03. The number of fused-ring (bicyclic) bond motifs is 1. The molecule has 9 heteroatoms. The van der Waals surface area contributed by atoms with Gasteiger partial charge in [0.2, 0.25) is 11.2 Å². The van der Waals surface area contributed by atoms with Crippen molar-refractivity contribution in [2.24, 2.45) is 0 Å². The van der Waals surface area contributed by atoms with Crippen molar-refractivity contribution in [3.05, 3.63) is 143 Å². The number of halogens is 2. The molecule has 2 aromatic heterocycles. The lowest BCUT2D eigenvalue weighted by molar-refractivity contribution is -0.114.